The molecule has 1 aliphatic carbocycles. The van der Waals surface area contributed by atoms with Crippen LogP contribution in [0, 0.1) is 11.8 Å². The van der Waals surface area contributed by atoms with Crippen LogP contribution in [-0.2, 0) is 44.7 Å². The number of nitrogens with zero attached hydrogens (tertiary/aromatic N) is 8. The third-order valence-corrected chi connectivity index (χ3v) is 20.7. The van der Waals surface area contributed by atoms with Crippen molar-refractivity contribution >= 4 is 63.8 Å². The van der Waals surface area contributed by atoms with Gasteiger partial charge < -0.3 is 107 Å². The second-order valence-corrected chi connectivity index (χ2v) is 28.3. The summed E-state index contributed by atoms with van der Waals surface area (Å²) >= 11 is 1.45. The fraction of sp³-hybridized carbons (Fsp3) is 0.627. The van der Waals surface area contributed by atoms with Crippen LogP contribution in [0.2, 0.25) is 0 Å². The monoisotopic (exact) mass is 1410 g/mol. The van der Waals surface area contributed by atoms with E-state index in [-0.39, 0.29) is 36.4 Å². The Kier molecular flexibility index (Phi) is 25.6. The number of β-amino-alcohol motifs (C(OH)–C–C–N with tert-alkyl or cyclic N) is 1. The highest BCUT2D eigenvalue weighted by Gasteiger charge is 2.50. The highest BCUT2D eigenvalue weighted by Crippen LogP contribution is 2.35. The largest absolute Gasteiger partial charge is 0.504 e. The van der Waals surface area contributed by atoms with E-state index in [1.165, 1.54) is 56.6 Å². The Labute approximate surface area is 582 Å². The number of aromatic nitrogens is 4. The number of aliphatic hydroxyl groups is 8. The van der Waals surface area contributed by atoms with E-state index in [9.17, 15) is 79.5 Å². The summed E-state index contributed by atoms with van der Waals surface area (Å²) in [6, 6.07) is 0.792. The van der Waals surface area contributed by atoms with E-state index >= 15 is 0 Å². The molecule has 10 rings (SSSR count). The molecule has 7 heterocycles. The van der Waals surface area contributed by atoms with E-state index in [4.69, 9.17) is 25.2 Å². The zero-order chi connectivity index (χ0) is 71.5. The van der Waals surface area contributed by atoms with Crippen molar-refractivity contribution in [2.75, 3.05) is 75.4 Å². The number of fused-ring (bicyclic) bond motifs is 2. The molecule has 0 unspecified atom stereocenters. The molecule has 2 aromatic heterocycles. The van der Waals surface area contributed by atoms with Crippen LogP contribution >= 0.6 is 11.3 Å². The molecule has 0 radical (unpaired) electrons. The maximum absolute atomic E-state index is 14.8. The summed E-state index contributed by atoms with van der Waals surface area (Å²) in [4.78, 5) is 116. The van der Waals surface area contributed by atoms with Gasteiger partial charge in [0.25, 0.3) is 0 Å². The number of hydrogen-bond acceptors (Lipinski definition) is 26. The summed E-state index contributed by atoms with van der Waals surface area (Å²) < 4.78 is 11.9. The van der Waals surface area contributed by atoms with Gasteiger partial charge in [0.1, 0.15) is 47.9 Å². The van der Waals surface area contributed by atoms with Crippen LogP contribution in [0.1, 0.15) is 96.5 Å². The number of rotatable bonds is 20. The van der Waals surface area contributed by atoms with E-state index in [2.05, 4.69) is 46.6 Å². The first-order valence-electron chi connectivity index (χ1n) is 34.5. The summed E-state index contributed by atoms with van der Waals surface area (Å²) in [7, 11) is 0. The van der Waals surface area contributed by atoms with Gasteiger partial charge in [0.05, 0.1) is 67.9 Å². The lowest BCUT2D eigenvalue weighted by Crippen LogP contribution is -2.64. The van der Waals surface area contributed by atoms with Crippen molar-refractivity contribution in [1.82, 2.24) is 56.5 Å². The average Bonchev–Trinajstić information content (AvgIpc) is 1.62. The molecular weight excluding hydrogens is 1320 g/mol. The van der Waals surface area contributed by atoms with Gasteiger partial charge in [-0.3, -0.25) is 33.6 Å². The first kappa shape index (κ1) is 74.8. The molecular formula is C67H94N14O18S. The number of aliphatic hydroxyl groups excluding tert-OH is 8. The molecule has 0 spiro atoms. The third kappa shape index (κ3) is 18.8. The van der Waals surface area contributed by atoms with Crippen LogP contribution in [0.3, 0.4) is 0 Å². The minimum absolute atomic E-state index is 0.0466. The maximum atomic E-state index is 14.8. The summed E-state index contributed by atoms with van der Waals surface area (Å²) in [5.41, 5.74) is 8.31. The highest BCUT2D eigenvalue weighted by atomic mass is 32.1. The first-order valence-corrected chi connectivity index (χ1v) is 35.3. The van der Waals surface area contributed by atoms with Crippen LogP contribution < -0.4 is 46.9 Å². The molecule has 33 heteroatoms. The lowest BCUT2D eigenvalue weighted by Gasteiger charge is -2.34. The number of primary amides is 1. The summed E-state index contributed by atoms with van der Waals surface area (Å²) in [6.07, 6.45) is -0.416. The maximum Gasteiger partial charge on any atom is 0.248 e. The number of carbonyl (C=O) groups excluding carboxylic acids is 7. The van der Waals surface area contributed by atoms with E-state index < -0.39 is 184 Å². The molecule has 6 aliphatic rings. The molecule has 6 fully saturated rings. The molecule has 0 bridgehead atoms. The fourth-order valence-corrected chi connectivity index (χ4v) is 14.8. The summed E-state index contributed by atoms with van der Waals surface area (Å²) in [6.45, 7) is 3.14. The number of anilines is 2. The smallest absolute Gasteiger partial charge is 0.248 e. The number of nitrogens with one attached hydrogen (secondary N) is 5. The Morgan fingerprint density at radius 2 is 1.37 bits per heavy atom. The number of phenols is 1. The molecule has 546 valence electrons. The quantitative estimate of drug-likeness (QED) is 0.0429. The number of benzene rings is 2. The second kappa shape index (κ2) is 34.2. The molecule has 1 saturated carbocycles. The molecule has 5 saturated heterocycles. The number of aromatic hydroxyl groups is 1. The number of carbonyl (C=O) groups is 7. The molecule has 4 aromatic rings. The SMILES string of the molecule is C[C@@H](O)[C@@H]1NC(=O)[C@@H](NCC2CCN(c3nnc(-c4ccc(-c5cnc(N6CCC(OC7CCCCC7)CC6)nc5)cc4)s3)CC2)C[C@@H](O)CNC(=O)[C@@H]2[C@@H](O)[C@@H](C)CN2C(=O)[C@H]([C@H](O)CC(N)=O)NC(=O)[C@H]([C@H](O)Cc2ccc(O)c(OC[C@@H](O)CO)c2)NC(=O)[C@@H]2C[C@@H](O)CN2C1=O. The van der Waals surface area contributed by atoms with Gasteiger partial charge in [0, 0.05) is 88.1 Å². The zero-order valence-electron chi connectivity index (χ0n) is 56.0. The number of piperidine rings is 2. The van der Waals surface area contributed by atoms with Crippen LogP contribution in [0.5, 0.6) is 11.5 Å². The minimum atomic E-state index is -2.18. The van der Waals surface area contributed by atoms with Crippen LogP contribution in [0.15, 0.2) is 54.9 Å². The standard InChI is InChI=1S/C67H94N14O18S/c1-35-31-81-57(58(35)91)62(95)70-30-42(84)24-47(69-27-37-14-18-79(19-15-37)67-77-76-63(100-67)40-11-9-39(10-12-40)41-28-71-66(72-29-41)78-20-16-46(17-21-78)99-45-6-4-3-5-7-45)59(92)73-54(36(2)83)64(96)80-32-43(85)25-48(80)60(93)74-55(61(94)75-56(65(81)97)51(89)26-53(68)90)50(88)22-38-8-13-49(87)52(23-38)98-34-44(86)33-82/h8-13,23,28-29,35-37,42-48,50-51,54-58,69,82-89,91H,3-7,14-22,24-27,30-34H2,1-2H3,(H2,68,90)(H,70,95)(H,73,92)(H,74,93)(H,75,94)/t35-,36+,42+,43+,44-,47-,48-,50+,51+,54-,55-,56-,57-,58-/m0/s1. The number of nitrogens with two attached hydrogens (primary N) is 1. The lowest BCUT2D eigenvalue weighted by molar-refractivity contribution is -0.147. The van der Waals surface area contributed by atoms with Gasteiger partial charge in [-0.05, 0) is 87.6 Å². The predicted molar refractivity (Wildman–Crippen MR) is 360 cm³/mol. The van der Waals surface area contributed by atoms with Gasteiger partial charge in [-0.15, -0.1) is 10.2 Å². The third-order valence-electron chi connectivity index (χ3n) is 19.7. The number of phenolic OH excluding ortho intramolecular Hbond substituents is 1. The van der Waals surface area contributed by atoms with Crippen molar-refractivity contribution in [3.05, 3.63) is 60.4 Å². The van der Waals surface area contributed by atoms with Crippen LogP contribution in [-0.4, -0.2) is 274 Å². The van der Waals surface area contributed by atoms with E-state index in [0.717, 1.165) is 76.3 Å². The highest BCUT2D eigenvalue weighted by molar-refractivity contribution is 7.18. The van der Waals surface area contributed by atoms with Crippen LogP contribution in [0.25, 0.3) is 21.7 Å². The fourth-order valence-electron chi connectivity index (χ4n) is 13.9. The van der Waals surface area contributed by atoms with Gasteiger partial charge >= 0.3 is 0 Å². The van der Waals surface area contributed by atoms with Crippen molar-refractivity contribution in [3.63, 3.8) is 0 Å². The average molecular weight is 1420 g/mol. The molecule has 14 atom stereocenters. The van der Waals surface area contributed by atoms with Crippen LogP contribution in [0.4, 0.5) is 11.1 Å². The van der Waals surface area contributed by atoms with Crippen molar-refractivity contribution in [2.24, 2.45) is 17.6 Å². The molecule has 5 aliphatic heterocycles. The van der Waals surface area contributed by atoms with Gasteiger partial charge in [-0.25, -0.2) is 9.97 Å². The first-order chi connectivity index (χ1) is 47.9. The molecule has 32 nitrogen and oxygen atoms in total. The van der Waals surface area contributed by atoms with Gasteiger partial charge in [-0.1, -0.05) is 67.9 Å². The number of hydrogen-bond donors (Lipinski definition) is 15. The Bertz CT molecular complexity index is 3450. The Morgan fingerprint density at radius 3 is 2.05 bits per heavy atom. The van der Waals surface area contributed by atoms with Crippen molar-refractivity contribution in [1.29, 1.82) is 0 Å². The topological polar surface area (TPSA) is 471 Å². The van der Waals surface area contributed by atoms with E-state index in [0.29, 0.717) is 43.1 Å². The normalized spacial score (nSPS) is 27.5. The molecule has 7 amide bonds. The van der Waals surface area contributed by atoms with Crippen molar-refractivity contribution in [2.45, 2.75) is 189 Å². The van der Waals surface area contributed by atoms with E-state index in [1.54, 1.807) is 0 Å². The second-order valence-electron chi connectivity index (χ2n) is 27.3. The number of amides is 7. The molecule has 2 aromatic carbocycles. The van der Waals surface area contributed by atoms with Gasteiger partial charge in [-0.2, -0.15) is 0 Å². The zero-order valence-corrected chi connectivity index (χ0v) is 56.9. The Morgan fingerprint density at radius 1 is 0.720 bits per heavy atom. The molecule has 100 heavy (non-hydrogen) atoms. The Balaban J connectivity index is 0.823. The van der Waals surface area contributed by atoms with Gasteiger partial charge in [0.15, 0.2) is 11.5 Å². The lowest BCUT2D eigenvalue weighted by atomic mass is 9.96. The molecule has 16 N–H and O–H groups in total. The van der Waals surface area contributed by atoms with Crippen molar-refractivity contribution in [3.8, 4) is 33.2 Å². The van der Waals surface area contributed by atoms with Gasteiger partial charge in [0.2, 0.25) is 52.4 Å². The Hall–Kier alpha value is -7.83. The summed E-state index contributed by atoms with van der Waals surface area (Å²) in [5, 5.41) is 122. The van der Waals surface area contributed by atoms with Crippen molar-refractivity contribution < 1.29 is 89.0 Å². The van der Waals surface area contributed by atoms with E-state index in [1.807, 2.05) is 36.7 Å². The predicted octanol–water partition coefficient (Wildman–Crippen LogP) is -2.68. The summed E-state index contributed by atoms with van der Waals surface area (Å²) in [5.74, 6) is -8.69. The number of ether oxygens (including phenoxy) is 2. The minimum Gasteiger partial charge on any atom is -0.504 e.